The number of hydrogen-bond donors (Lipinski definition) is 1. The molecule has 11 heteroatoms. The fourth-order valence-electron chi connectivity index (χ4n) is 3.19. The minimum atomic E-state index is -1.02. The average Bonchev–Trinajstić information content (AvgIpc) is 3.11. The molecule has 1 aliphatic rings. The van der Waals surface area contributed by atoms with Gasteiger partial charge in [-0.2, -0.15) is 0 Å². The highest BCUT2D eigenvalue weighted by Crippen LogP contribution is 2.34. The van der Waals surface area contributed by atoms with Crippen molar-refractivity contribution in [2.24, 2.45) is 4.99 Å². The summed E-state index contributed by atoms with van der Waals surface area (Å²) in [5.74, 6) is -0.628. The monoisotopic (exact) mass is 567 g/mol. The fourth-order valence-corrected chi connectivity index (χ4v) is 4.69. The molecule has 1 fully saturated rings. The van der Waals surface area contributed by atoms with Crippen molar-refractivity contribution in [1.29, 1.82) is 0 Å². The minimum Gasteiger partial charge on any atom is -0.488 e. The van der Waals surface area contributed by atoms with Gasteiger partial charge in [-0.25, -0.2) is 9.79 Å². The zero-order valence-electron chi connectivity index (χ0n) is 18.8. The molecule has 1 N–H and O–H groups in total. The second kappa shape index (κ2) is 10.8. The summed E-state index contributed by atoms with van der Waals surface area (Å²) in [6.07, 6.45) is 1.75. The number of ether oxygens (including phenoxy) is 1. The fraction of sp³-hybridized carbons (Fsp3) is 0.0800. The van der Waals surface area contributed by atoms with Crippen molar-refractivity contribution < 1.29 is 24.4 Å². The summed E-state index contributed by atoms with van der Waals surface area (Å²) in [4.78, 5) is 40.5. The zero-order valence-corrected chi connectivity index (χ0v) is 21.2. The number of carbonyl (C=O) groups is 2. The molecule has 1 saturated heterocycles. The number of non-ortho nitro benzene ring substituents is 1. The van der Waals surface area contributed by atoms with Crippen LogP contribution in [0.1, 0.15) is 21.5 Å². The Morgan fingerprint density at radius 3 is 2.47 bits per heavy atom. The van der Waals surface area contributed by atoms with Gasteiger partial charge in [-0.3, -0.25) is 19.8 Å². The van der Waals surface area contributed by atoms with Gasteiger partial charge in [0.25, 0.3) is 11.6 Å². The van der Waals surface area contributed by atoms with E-state index in [9.17, 15) is 19.7 Å². The second-order valence-electron chi connectivity index (χ2n) is 7.62. The highest BCUT2D eigenvalue weighted by atomic mass is 79.9. The molecule has 4 rings (SSSR count). The van der Waals surface area contributed by atoms with E-state index in [0.29, 0.717) is 26.0 Å². The van der Waals surface area contributed by atoms with Crippen LogP contribution in [0.2, 0.25) is 0 Å². The molecule has 3 aromatic rings. The third-order valence-electron chi connectivity index (χ3n) is 5.14. The molecule has 0 bridgehead atoms. The number of amidine groups is 1. The number of thioether (sulfide) groups is 1. The van der Waals surface area contributed by atoms with Crippen molar-refractivity contribution >= 4 is 62.2 Å². The molecule has 36 heavy (non-hydrogen) atoms. The molecule has 0 radical (unpaired) electrons. The lowest BCUT2D eigenvalue weighted by molar-refractivity contribution is -0.384. The SMILES string of the molecule is CN1C(=O)/C(=C/c2ccc(OCc3ccc([N+](=O)[O-])cc3)c(Br)c2)SC1=Nc1ccc(C(=O)O)cc1. The lowest BCUT2D eigenvalue weighted by Gasteiger charge is -2.09. The van der Waals surface area contributed by atoms with Crippen molar-refractivity contribution in [3.63, 3.8) is 0 Å². The van der Waals surface area contributed by atoms with E-state index in [4.69, 9.17) is 9.84 Å². The van der Waals surface area contributed by atoms with Gasteiger partial charge >= 0.3 is 5.97 Å². The number of benzene rings is 3. The summed E-state index contributed by atoms with van der Waals surface area (Å²) in [6, 6.07) is 17.7. The number of carboxylic acids is 1. The number of carboxylic acid groups (broad SMARTS) is 1. The number of nitro benzene ring substituents is 1. The maximum absolute atomic E-state index is 12.7. The number of likely N-dealkylation sites (N-methyl/N-ethyl adjacent to an activating group) is 1. The zero-order chi connectivity index (χ0) is 25.8. The molecule has 1 aliphatic heterocycles. The van der Waals surface area contributed by atoms with Gasteiger partial charge in [-0.15, -0.1) is 0 Å². The molecule has 1 amide bonds. The molecule has 182 valence electrons. The summed E-state index contributed by atoms with van der Waals surface area (Å²) in [7, 11) is 1.63. The van der Waals surface area contributed by atoms with E-state index >= 15 is 0 Å². The summed E-state index contributed by atoms with van der Waals surface area (Å²) in [6.45, 7) is 0.240. The van der Waals surface area contributed by atoms with Crippen molar-refractivity contribution in [2.45, 2.75) is 6.61 Å². The van der Waals surface area contributed by atoms with Crippen LogP contribution >= 0.6 is 27.7 Å². The van der Waals surface area contributed by atoms with Crippen molar-refractivity contribution in [3.8, 4) is 5.75 Å². The van der Waals surface area contributed by atoms with Crippen molar-refractivity contribution in [1.82, 2.24) is 4.90 Å². The molecule has 0 aliphatic carbocycles. The lowest BCUT2D eigenvalue weighted by atomic mass is 10.2. The van der Waals surface area contributed by atoms with E-state index in [-0.39, 0.29) is 23.8 Å². The Labute approximate surface area is 218 Å². The number of nitrogens with zero attached hydrogens (tertiary/aromatic N) is 3. The minimum absolute atomic E-state index is 0.0200. The topological polar surface area (TPSA) is 122 Å². The Bertz CT molecular complexity index is 1400. The molecule has 0 aromatic heterocycles. The molecule has 1 heterocycles. The molecule has 0 atom stereocenters. The van der Waals surface area contributed by atoms with Gasteiger partial charge in [0.15, 0.2) is 5.17 Å². The molecular weight excluding hydrogens is 550 g/mol. The number of hydrogen-bond acceptors (Lipinski definition) is 7. The smallest absolute Gasteiger partial charge is 0.335 e. The van der Waals surface area contributed by atoms with Crippen LogP contribution in [0.4, 0.5) is 11.4 Å². The number of aliphatic imine (C=N–C) groups is 1. The molecular formula is C25H18BrN3O6S. The third-order valence-corrected chi connectivity index (χ3v) is 6.82. The van der Waals surface area contributed by atoms with Gasteiger partial charge in [0.2, 0.25) is 0 Å². The molecule has 0 saturated carbocycles. The van der Waals surface area contributed by atoms with Gasteiger partial charge in [0.05, 0.1) is 25.6 Å². The summed E-state index contributed by atoms with van der Waals surface area (Å²) in [5.41, 5.74) is 2.29. The highest BCUT2D eigenvalue weighted by molar-refractivity contribution is 9.10. The highest BCUT2D eigenvalue weighted by Gasteiger charge is 2.30. The van der Waals surface area contributed by atoms with E-state index in [0.717, 1.165) is 11.1 Å². The quantitative estimate of drug-likeness (QED) is 0.215. The Balaban J connectivity index is 1.45. The summed E-state index contributed by atoms with van der Waals surface area (Å²) in [5, 5.41) is 20.3. The van der Waals surface area contributed by atoms with E-state index in [1.165, 1.54) is 40.9 Å². The second-order valence-corrected chi connectivity index (χ2v) is 9.49. The number of aromatic carboxylic acids is 1. The number of amides is 1. The first kappa shape index (κ1) is 25.1. The van der Waals surface area contributed by atoms with Gasteiger partial charge in [0, 0.05) is 19.2 Å². The predicted octanol–water partition coefficient (Wildman–Crippen LogP) is 5.87. The number of halogens is 1. The van der Waals surface area contributed by atoms with Crippen molar-refractivity contribution in [3.05, 3.63) is 103 Å². The van der Waals surface area contributed by atoms with Crippen molar-refractivity contribution in [2.75, 3.05) is 7.05 Å². The average molecular weight is 568 g/mol. The standard InChI is InChI=1S/C25H18BrN3O6S/c1-28-23(30)22(36-25(28)27-18-7-5-17(6-8-18)24(31)32)13-16-4-11-21(20(26)12-16)35-14-15-2-9-19(10-3-15)29(33)34/h2-13H,14H2,1H3,(H,31,32)/b22-13-,27-25?. The first-order valence-corrected chi connectivity index (χ1v) is 12.1. The van der Waals surface area contributed by atoms with Gasteiger partial charge in [0.1, 0.15) is 12.4 Å². The molecule has 0 unspecified atom stereocenters. The normalized spacial score (nSPS) is 15.5. The summed E-state index contributed by atoms with van der Waals surface area (Å²) >= 11 is 4.71. The Kier molecular flexibility index (Phi) is 7.51. The van der Waals surface area contributed by atoms with Gasteiger partial charge in [-0.05, 0) is 93.4 Å². The Morgan fingerprint density at radius 2 is 1.86 bits per heavy atom. The summed E-state index contributed by atoms with van der Waals surface area (Å²) < 4.78 is 6.51. The third kappa shape index (κ3) is 5.81. The van der Waals surface area contributed by atoms with Crippen LogP contribution < -0.4 is 4.74 Å². The molecule has 3 aromatic carbocycles. The van der Waals surface area contributed by atoms with Crippen LogP contribution in [0, 0.1) is 10.1 Å². The first-order chi connectivity index (χ1) is 17.2. The molecule has 9 nitrogen and oxygen atoms in total. The van der Waals surface area contributed by atoms with Crippen LogP contribution in [0.3, 0.4) is 0 Å². The number of carbonyl (C=O) groups excluding carboxylic acids is 1. The van der Waals surface area contributed by atoms with Crippen LogP contribution in [0.15, 0.2) is 81.1 Å². The number of nitro groups is 1. The van der Waals surface area contributed by atoms with E-state index < -0.39 is 10.9 Å². The largest absolute Gasteiger partial charge is 0.488 e. The maximum atomic E-state index is 12.7. The van der Waals surface area contributed by atoms with E-state index in [1.807, 2.05) is 12.1 Å². The van der Waals surface area contributed by atoms with Gasteiger partial charge in [-0.1, -0.05) is 6.07 Å². The molecule has 0 spiro atoms. The van der Waals surface area contributed by atoms with Crippen LogP contribution in [-0.2, 0) is 11.4 Å². The Morgan fingerprint density at radius 1 is 1.17 bits per heavy atom. The number of rotatable bonds is 7. The predicted molar refractivity (Wildman–Crippen MR) is 140 cm³/mol. The Hall–Kier alpha value is -3.96. The van der Waals surface area contributed by atoms with E-state index in [2.05, 4.69) is 20.9 Å². The van der Waals surface area contributed by atoms with Crippen LogP contribution in [0.5, 0.6) is 5.75 Å². The lowest BCUT2D eigenvalue weighted by Crippen LogP contribution is -2.23. The van der Waals surface area contributed by atoms with Gasteiger partial charge < -0.3 is 9.84 Å². The van der Waals surface area contributed by atoms with E-state index in [1.54, 1.807) is 43.5 Å². The maximum Gasteiger partial charge on any atom is 0.335 e. The van der Waals surface area contributed by atoms with Crippen LogP contribution in [-0.4, -0.2) is 39.0 Å². The first-order valence-electron chi connectivity index (χ1n) is 10.5. The van der Waals surface area contributed by atoms with Crippen LogP contribution in [0.25, 0.3) is 6.08 Å².